The third-order valence-corrected chi connectivity index (χ3v) is 3.77. The van der Waals surface area contributed by atoms with Gasteiger partial charge in [-0.2, -0.15) is 0 Å². The Balaban J connectivity index is 1.99. The standard InChI is InChI=1S/C17H15NO3/c19-16-10-9-12-5-2-4-8-15(12)18(16)11-13-6-1-3-7-14(13)17(20)21/h1-8H,9-11H2,(H,20,21). The van der Waals surface area contributed by atoms with Crippen LogP contribution < -0.4 is 4.90 Å². The predicted molar refractivity (Wildman–Crippen MR) is 79.4 cm³/mol. The second-order valence-corrected chi connectivity index (χ2v) is 5.07. The van der Waals surface area contributed by atoms with Gasteiger partial charge < -0.3 is 10.0 Å². The Kier molecular flexibility index (Phi) is 3.44. The number of amides is 1. The fourth-order valence-electron chi connectivity index (χ4n) is 2.71. The summed E-state index contributed by atoms with van der Waals surface area (Å²) in [4.78, 5) is 25.2. The molecular formula is C17H15NO3. The van der Waals surface area contributed by atoms with E-state index >= 15 is 0 Å². The van der Waals surface area contributed by atoms with Gasteiger partial charge in [0, 0.05) is 12.1 Å². The van der Waals surface area contributed by atoms with E-state index in [-0.39, 0.29) is 18.0 Å². The summed E-state index contributed by atoms with van der Waals surface area (Å²) in [6, 6.07) is 14.6. The Morgan fingerprint density at radius 2 is 1.76 bits per heavy atom. The van der Waals surface area contributed by atoms with E-state index in [4.69, 9.17) is 0 Å². The summed E-state index contributed by atoms with van der Waals surface area (Å²) in [5.41, 5.74) is 2.90. The number of carboxylic acids is 1. The Bertz CT molecular complexity index is 709. The zero-order valence-corrected chi connectivity index (χ0v) is 11.5. The average molecular weight is 281 g/mol. The molecule has 0 saturated heterocycles. The lowest BCUT2D eigenvalue weighted by molar-refractivity contribution is -0.119. The lowest BCUT2D eigenvalue weighted by atomic mass is 9.99. The minimum absolute atomic E-state index is 0.0360. The summed E-state index contributed by atoms with van der Waals surface area (Å²) in [5.74, 6) is -0.933. The molecular weight excluding hydrogens is 266 g/mol. The van der Waals surface area contributed by atoms with Gasteiger partial charge in [0.1, 0.15) is 0 Å². The molecule has 106 valence electrons. The fraction of sp³-hybridized carbons (Fsp3) is 0.176. The molecule has 4 nitrogen and oxygen atoms in total. The molecule has 0 aliphatic carbocycles. The van der Waals surface area contributed by atoms with Crippen LogP contribution >= 0.6 is 0 Å². The first kappa shape index (κ1) is 13.4. The maximum atomic E-state index is 12.2. The maximum Gasteiger partial charge on any atom is 0.336 e. The van der Waals surface area contributed by atoms with E-state index in [1.165, 1.54) is 0 Å². The van der Waals surface area contributed by atoms with Gasteiger partial charge >= 0.3 is 5.97 Å². The number of anilines is 1. The van der Waals surface area contributed by atoms with Gasteiger partial charge in [-0.05, 0) is 29.7 Å². The fourth-order valence-corrected chi connectivity index (χ4v) is 2.71. The van der Waals surface area contributed by atoms with E-state index in [1.807, 2.05) is 24.3 Å². The summed E-state index contributed by atoms with van der Waals surface area (Å²) in [7, 11) is 0. The van der Waals surface area contributed by atoms with Crippen molar-refractivity contribution in [3.8, 4) is 0 Å². The molecule has 1 aliphatic heterocycles. The maximum absolute atomic E-state index is 12.2. The molecule has 0 spiro atoms. The number of aryl methyl sites for hydroxylation is 1. The van der Waals surface area contributed by atoms with Crippen molar-refractivity contribution in [2.75, 3.05) is 4.90 Å². The summed E-state index contributed by atoms with van der Waals surface area (Å²) in [5, 5.41) is 9.25. The average Bonchev–Trinajstić information content (AvgIpc) is 2.50. The van der Waals surface area contributed by atoms with Crippen LogP contribution in [0.2, 0.25) is 0 Å². The highest BCUT2D eigenvalue weighted by atomic mass is 16.4. The first-order chi connectivity index (χ1) is 10.2. The van der Waals surface area contributed by atoms with Gasteiger partial charge in [-0.15, -0.1) is 0 Å². The monoisotopic (exact) mass is 281 g/mol. The predicted octanol–water partition coefficient (Wildman–Crippen LogP) is 2.86. The van der Waals surface area contributed by atoms with Crippen LogP contribution in [0.5, 0.6) is 0 Å². The van der Waals surface area contributed by atoms with Gasteiger partial charge in [0.25, 0.3) is 0 Å². The Morgan fingerprint density at radius 3 is 2.57 bits per heavy atom. The van der Waals surface area contributed by atoms with E-state index < -0.39 is 5.97 Å². The van der Waals surface area contributed by atoms with Crippen molar-refractivity contribution in [3.63, 3.8) is 0 Å². The van der Waals surface area contributed by atoms with Crippen molar-refractivity contribution >= 4 is 17.6 Å². The molecule has 0 fully saturated rings. The van der Waals surface area contributed by atoms with E-state index in [2.05, 4.69) is 0 Å². The molecule has 1 aliphatic rings. The van der Waals surface area contributed by atoms with E-state index in [0.29, 0.717) is 12.0 Å². The number of carbonyl (C=O) groups is 2. The van der Waals surface area contributed by atoms with Crippen molar-refractivity contribution in [2.24, 2.45) is 0 Å². The molecule has 0 atom stereocenters. The molecule has 2 aromatic rings. The Morgan fingerprint density at radius 1 is 1.05 bits per heavy atom. The third kappa shape index (κ3) is 2.52. The van der Waals surface area contributed by atoms with Gasteiger partial charge in [0.2, 0.25) is 5.91 Å². The molecule has 0 saturated carbocycles. The summed E-state index contributed by atoms with van der Waals surface area (Å²) >= 11 is 0. The lowest BCUT2D eigenvalue weighted by Gasteiger charge is -2.29. The molecule has 3 rings (SSSR count). The number of carboxylic acid groups (broad SMARTS) is 1. The van der Waals surface area contributed by atoms with Crippen LogP contribution in [0.1, 0.15) is 27.9 Å². The number of hydrogen-bond donors (Lipinski definition) is 1. The molecule has 1 amide bonds. The first-order valence-electron chi connectivity index (χ1n) is 6.86. The zero-order chi connectivity index (χ0) is 14.8. The lowest BCUT2D eigenvalue weighted by Crippen LogP contribution is -2.35. The molecule has 2 aromatic carbocycles. The SMILES string of the molecule is O=C(O)c1ccccc1CN1C(=O)CCc2ccccc21. The highest BCUT2D eigenvalue weighted by Crippen LogP contribution is 2.29. The van der Waals surface area contributed by atoms with Crippen LogP contribution in [0.15, 0.2) is 48.5 Å². The quantitative estimate of drug-likeness (QED) is 0.941. The molecule has 0 aromatic heterocycles. The Labute approximate surface area is 122 Å². The normalized spacial score (nSPS) is 13.9. The van der Waals surface area contributed by atoms with Gasteiger partial charge in [-0.1, -0.05) is 36.4 Å². The third-order valence-electron chi connectivity index (χ3n) is 3.77. The number of benzene rings is 2. The first-order valence-corrected chi connectivity index (χ1v) is 6.86. The highest BCUT2D eigenvalue weighted by molar-refractivity contribution is 5.97. The number of nitrogens with zero attached hydrogens (tertiary/aromatic N) is 1. The number of fused-ring (bicyclic) bond motifs is 1. The topological polar surface area (TPSA) is 57.6 Å². The minimum Gasteiger partial charge on any atom is -0.478 e. The van der Waals surface area contributed by atoms with E-state index in [9.17, 15) is 14.7 Å². The summed E-state index contributed by atoms with van der Waals surface area (Å²) < 4.78 is 0. The Hall–Kier alpha value is -2.62. The molecule has 0 unspecified atom stereocenters. The number of aromatic carboxylic acids is 1. The van der Waals surface area contributed by atoms with E-state index in [0.717, 1.165) is 17.7 Å². The number of para-hydroxylation sites is 1. The van der Waals surface area contributed by atoms with Crippen molar-refractivity contribution < 1.29 is 14.7 Å². The molecule has 0 radical (unpaired) electrons. The number of rotatable bonds is 3. The largest absolute Gasteiger partial charge is 0.478 e. The molecule has 0 bridgehead atoms. The number of hydrogen-bond acceptors (Lipinski definition) is 2. The van der Waals surface area contributed by atoms with Crippen molar-refractivity contribution in [1.29, 1.82) is 0 Å². The molecule has 1 N–H and O–H groups in total. The molecule has 1 heterocycles. The summed E-state index contributed by atoms with van der Waals surface area (Å²) in [6.07, 6.45) is 1.21. The highest BCUT2D eigenvalue weighted by Gasteiger charge is 2.25. The number of carbonyl (C=O) groups excluding carboxylic acids is 1. The smallest absolute Gasteiger partial charge is 0.336 e. The van der Waals surface area contributed by atoms with Gasteiger partial charge in [0.05, 0.1) is 12.1 Å². The van der Waals surface area contributed by atoms with E-state index in [1.54, 1.807) is 29.2 Å². The van der Waals surface area contributed by atoms with Crippen molar-refractivity contribution in [2.45, 2.75) is 19.4 Å². The van der Waals surface area contributed by atoms with Gasteiger partial charge in [-0.25, -0.2) is 4.79 Å². The molecule has 21 heavy (non-hydrogen) atoms. The van der Waals surface area contributed by atoms with Crippen LogP contribution in [0.4, 0.5) is 5.69 Å². The van der Waals surface area contributed by atoms with Crippen LogP contribution in [0.25, 0.3) is 0 Å². The van der Waals surface area contributed by atoms with Gasteiger partial charge in [0.15, 0.2) is 0 Å². The summed E-state index contributed by atoms with van der Waals surface area (Å²) in [6.45, 7) is 0.290. The van der Waals surface area contributed by atoms with Crippen molar-refractivity contribution in [3.05, 3.63) is 65.2 Å². The van der Waals surface area contributed by atoms with Crippen LogP contribution in [0.3, 0.4) is 0 Å². The second kappa shape index (κ2) is 5.40. The van der Waals surface area contributed by atoms with Crippen LogP contribution in [-0.4, -0.2) is 17.0 Å². The second-order valence-electron chi connectivity index (χ2n) is 5.07. The zero-order valence-electron chi connectivity index (χ0n) is 11.5. The van der Waals surface area contributed by atoms with Crippen LogP contribution in [-0.2, 0) is 17.8 Å². The van der Waals surface area contributed by atoms with Gasteiger partial charge in [-0.3, -0.25) is 4.79 Å². The van der Waals surface area contributed by atoms with Crippen molar-refractivity contribution in [1.82, 2.24) is 0 Å². The van der Waals surface area contributed by atoms with Crippen LogP contribution in [0, 0.1) is 0 Å². The molecule has 4 heteroatoms. The minimum atomic E-state index is -0.969.